The van der Waals surface area contributed by atoms with Gasteiger partial charge in [0.05, 0.1) is 12.0 Å². The Kier molecular flexibility index (Phi) is 5.34. The van der Waals surface area contributed by atoms with E-state index in [-0.39, 0.29) is 11.8 Å². The molecule has 0 aliphatic carbocycles. The summed E-state index contributed by atoms with van der Waals surface area (Å²) >= 11 is 0. The summed E-state index contributed by atoms with van der Waals surface area (Å²) in [4.78, 5) is 13.9. The van der Waals surface area contributed by atoms with E-state index < -0.39 is 0 Å². The third-order valence-corrected chi connectivity index (χ3v) is 2.82. The second-order valence-corrected chi connectivity index (χ2v) is 4.27. The van der Waals surface area contributed by atoms with Crippen molar-refractivity contribution >= 4 is 5.91 Å². The van der Waals surface area contributed by atoms with E-state index in [0.29, 0.717) is 25.2 Å². The molecule has 0 aromatic heterocycles. The summed E-state index contributed by atoms with van der Waals surface area (Å²) < 4.78 is 0. The third kappa shape index (κ3) is 3.57. The van der Waals surface area contributed by atoms with Crippen LogP contribution in [0.5, 0.6) is 0 Å². The summed E-state index contributed by atoms with van der Waals surface area (Å²) in [6, 6.07) is 9.42. The number of hydrogen-bond acceptors (Lipinski definition) is 3. The molecule has 1 amide bonds. The summed E-state index contributed by atoms with van der Waals surface area (Å²) in [6.07, 6.45) is 0. The maximum Gasteiger partial charge on any atom is 0.253 e. The van der Waals surface area contributed by atoms with Crippen molar-refractivity contribution in [2.75, 3.05) is 13.1 Å². The maximum atomic E-state index is 12.2. The first kappa shape index (κ1) is 14.2. The molecule has 96 valence electrons. The fraction of sp³-hybridized carbons (Fsp3) is 0.429. The Bertz CT molecular complexity index is 433. The Morgan fingerprint density at radius 3 is 2.50 bits per heavy atom. The minimum Gasteiger partial charge on any atom is -0.338 e. The molecular weight excluding hydrogens is 226 g/mol. The van der Waals surface area contributed by atoms with Crippen LogP contribution >= 0.6 is 0 Å². The molecule has 0 spiro atoms. The first-order valence-corrected chi connectivity index (χ1v) is 6.10. The van der Waals surface area contributed by atoms with Gasteiger partial charge in [-0.2, -0.15) is 5.26 Å². The number of nitrogens with two attached hydrogens (primary N) is 1. The topological polar surface area (TPSA) is 70.1 Å². The molecule has 0 aliphatic rings. The molecular formula is C14H19N3O. The normalized spacial score (nSPS) is 11.7. The highest BCUT2D eigenvalue weighted by Crippen LogP contribution is 2.09. The lowest BCUT2D eigenvalue weighted by Gasteiger charge is -2.22. The van der Waals surface area contributed by atoms with E-state index in [1.165, 1.54) is 0 Å². The SMILES string of the molecule is CCN(CC(C)C#N)C(=O)c1ccc(CN)cc1. The van der Waals surface area contributed by atoms with E-state index in [4.69, 9.17) is 11.0 Å². The summed E-state index contributed by atoms with van der Waals surface area (Å²) in [7, 11) is 0. The molecule has 1 unspecified atom stereocenters. The summed E-state index contributed by atoms with van der Waals surface area (Å²) in [6.45, 7) is 5.26. The lowest BCUT2D eigenvalue weighted by atomic mass is 10.1. The van der Waals surface area contributed by atoms with Crippen LogP contribution in [0.3, 0.4) is 0 Å². The predicted molar refractivity (Wildman–Crippen MR) is 70.7 cm³/mol. The second kappa shape index (κ2) is 6.77. The zero-order chi connectivity index (χ0) is 13.5. The van der Waals surface area contributed by atoms with E-state index in [1.807, 2.05) is 26.0 Å². The Balaban J connectivity index is 2.80. The van der Waals surface area contributed by atoms with E-state index >= 15 is 0 Å². The van der Waals surface area contributed by atoms with Crippen molar-refractivity contribution in [3.8, 4) is 6.07 Å². The Morgan fingerprint density at radius 2 is 2.06 bits per heavy atom. The molecule has 0 radical (unpaired) electrons. The Hall–Kier alpha value is -1.86. The van der Waals surface area contributed by atoms with Gasteiger partial charge < -0.3 is 10.6 Å². The first-order valence-electron chi connectivity index (χ1n) is 6.10. The van der Waals surface area contributed by atoms with Crippen LogP contribution in [0.25, 0.3) is 0 Å². The molecule has 0 aliphatic heterocycles. The monoisotopic (exact) mass is 245 g/mol. The van der Waals surface area contributed by atoms with Crippen molar-refractivity contribution in [2.45, 2.75) is 20.4 Å². The number of hydrogen-bond donors (Lipinski definition) is 1. The molecule has 1 aromatic rings. The van der Waals surface area contributed by atoms with E-state index in [9.17, 15) is 4.79 Å². The molecule has 1 rings (SSSR count). The average Bonchev–Trinajstić information content (AvgIpc) is 2.43. The fourth-order valence-electron chi connectivity index (χ4n) is 1.69. The molecule has 1 atom stereocenters. The predicted octanol–water partition coefficient (Wildman–Crippen LogP) is 1.77. The molecule has 4 heteroatoms. The van der Waals surface area contributed by atoms with Gasteiger partial charge in [0, 0.05) is 25.2 Å². The quantitative estimate of drug-likeness (QED) is 0.859. The minimum atomic E-state index is -0.155. The van der Waals surface area contributed by atoms with Gasteiger partial charge in [-0.05, 0) is 31.5 Å². The van der Waals surface area contributed by atoms with Crippen LogP contribution in [0.1, 0.15) is 29.8 Å². The number of nitrogens with zero attached hydrogens (tertiary/aromatic N) is 2. The van der Waals surface area contributed by atoms with Crippen LogP contribution < -0.4 is 5.73 Å². The van der Waals surface area contributed by atoms with E-state index in [1.54, 1.807) is 17.0 Å². The van der Waals surface area contributed by atoms with Gasteiger partial charge in [0.15, 0.2) is 0 Å². The van der Waals surface area contributed by atoms with Gasteiger partial charge >= 0.3 is 0 Å². The summed E-state index contributed by atoms with van der Waals surface area (Å²) in [5, 5.41) is 8.80. The van der Waals surface area contributed by atoms with Gasteiger partial charge in [-0.1, -0.05) is 12.1 Å². The number of rotatable bonds is 5. The lowest BCUT2D eigenvalue weighted by Crippen LogP contribution is -2.34. The van der Waals surface area contributed by atoms with Crippen LogP contribution in [0.2, 0.25) is 0 Å². The minimum absolute atomic E-state index is 0.0387. The van der Waals surface area contributed by atoms with E-state index in [2.05, 4.69) is 6.07 Å². The smallest absolute Gasteiger partial charge is 0.253 e. The summed E-state index contributed by atoms with van der Waals surface area (Å²) in [5.41, 5.74) is 7.15. The summed E-state index contributed by atoms with van der Waals surface area (Å²) in [5.74, 6) is -0.194. The lowest BCUT2D eigenvalue weighted by molar-refractivity contribution is 0.0752. The maximum absolute atomic E-state index is 12.2. The van der Waals surface area contributed by atoms with Crippen LogP contribution in [0.15, 0.2) is 24.3 Å². The van der Waals surface area contributed by atoms with Gasteiger partial charge in [0.2, 0.25) is 0 Å². The van der Waals surface area contributed by atoms with Crippen LogP contribution in [-0.2, 0) is 6.54 Å². The van der Waals surface area contributed by atoms with Crippen molar-refractivity contribution in [2.24, 2.45) is 11.7 Å². The molecule has 0 heterocycles. The average molecular weight is 245 g/mol. The van der Waals surface area contributed by atoms with Crippen molar-refractivity contribution in [1.29, 1.82) is 5.26 Å². The number of carbonyl (C=O) groups excluding carboxylic acids is 1. The highest BCUT2D eigenvalue weighted by atomic mass is 16.2. The number of nitriles is 1. The van der Waals surface area contributed by atoms with Gasteiger partial charge in [-0.15, -0.1) is 0 Å². The van der Waals surface area contributed by atoms with Crippen molar-refractivity contribution < 1.29 is 4.79 Å². The zero-order valence-corrected chi connectivity index (χ0v) is 10.9. The largest absolute Gasteiger partial charge is 0.338 e. The Labute approximate surface area is 108 Å². The highest BCUT2D eigenvalue weighted by molar-refractivity contribution is 5.94. The van der Waals surface area contributed by atoms with Gasteiger partial charge in [-0.25, -0.2) is 0 Å². The van der Waals surface area contributed by atoms with Crippen LogP contribution in [0.4, 0.5) is 0 Å². The van der Waals surface area contributed by atoms with Crippen LogP contribution in [-0.4, -0.2) is 23.9 Å². The first-order chi connectivity index (χ1) is 8.62. The van der Waals surface area contributed by atoms with Gasteiger partial charge in [0.25, 0.3) is 5.91 Å². The Morgan fingerprint density at radius 1 is 1.44 bits per heavy atom. The van der Waals surface area contributed by atoms with Gasteiger partial charge in [0.1, 0.15) is 0 Å². The van der Waals surface area contributed by atoms with Crippen molar-refractivity contribution in [3.63, 3.8) is 0 Å². The molecule has 0 bridgehead atoms. The third-order valence-electron chi connectivity index (χ3n) is 2.82. The zero-order valence-electron chi connectivity index (χ0n) is 10.9. The van der Waals surface area contributed by atoms with Gasteiger partial charge in [-0.3, -0.25) is 4.79 Å². The molecule has 0 saturated heterocycles. The fourth-order valence-corrected chi connectivity index (χ4v) is 1.69. The highest BCUT2D eigenvalue weighted by Gasteiger charge is 2.16. The van der Waals surface area contributed by atoms with E-state index in [0.717, 1.165) is 5.56 Å². The molecule has 0 fully saturated rings. The molecule has 18 heavy (non-hydrogen) atoms. The van der Waals surface area contributed by atoms with Crippen molar-refractivity contribution in [1.82, 2.24) is 4.90 Å². The number of amides is 1. The molecule has 0 saturated carbocycles. The molecule has 2 N–H and O–H groups in total. The number of carbonyl (C=O) groups is 1. The van der Waals surface area contributed by atoms with Crippen molar-refractivity contribution in [3.05, 3.63) is 35.4 Å². The van der Waals surface area contributed by atoms with Crippen LogP contribution in [0, 0.1) is 17.2 Å². The molecule has 4 nitrogen and oxygen atoms in total. The second-order valence-electron chi connectivity index (χ2n) is 4.27. The standard InChI is InChI=1S/C14H19N3O/c1-3-17(10-11(2)8-15)14(18)13-6-4-12(9-16)5-7-13/h4-7,11H,3,9-10,16H2,1-2H3. The number of benzene rings is 1. The molecule has 1 aromatic carbocycles.